The Kier molecular flexibility index (Phi) is 4.75. The number of aromatic nitrogens is 3. The molecular formula is C19H20N4O3S. The first-order valence-electron chi connectivity index (χ1n) is 8.85. The molecule has 3 aromatic rings. The van der Waals surface area contributed by atoms with Gasteiger partial charge in [-0.05, 0) is 38.0 Å². The maximum absolute atomic E-state index is 13.2. The quantitative estimate of drug-likeness (QED) is 0.687. The normalized spacial score (nSPS) is 16.5. The van der Waals surface area contributed by atoms with Gasteiger partial charge < -0.3 is 4.74 Å². The number of aryl methyl sites for hydroxylation is 1. The molecule has 0 aliphatic carbocycles. The lowest BCUT2D eigenvalue weighted by atomic mass is 10.1. The molecule has 4 rings (SSSR count). The highest BCUT2D eigenvalue weighted by Gasteiger charge is 2.31. The van der Waals surface area contributed by atoms with Gasteiger partial charge in [0, 0.05) is 36.4 Å². The third-order valence-electron chi connectivity index (χ3n) is 4.68. The van der Waals surface area contributed by atoms with Crippen molar-refractivity contribution < 1.29 is 13.2 Å². The summed E-state index contributed by atoms with van der Waals surface area (Å²) >= 11 is 0. The second kappa shape index (κ2) is 7.21. The van der Waals surface area contributed by atoms with E-state index in [1.807, 2.05) is 25.1 Å². The van der Waals surface area contributed by atoms with Gasteiger partial charge in [0.05, 0.1) is 5.52 Å². The van der Waals surface area contributed by atoms with Crippen LogP contribution in [0, 0.1) is 6.92 Å². The molecule has 27 heavy (non-hydrogen) atoms. The Hall–Kier alpha value is -2.58. The number of hydrogen-bond acceptors (Lipinski definition) is 6. The summed E-state index contributed by atoms with van der Waals surface area (Å²) in [6.07, 6.45) is 2.73. The van der Waals surface area contributed by atoms with Gasteiger partial charge in [-0.1, -0.05) is 18.2 Å². The molecule has 0 unspecified atom stereocenters. The summed E-state index contributed by atoms with van der Waals surface area (Å²) in [4.78, 5) is 4.72. The van der Waals surface area contributed by atoms with Crippen LogP contribution in [0.5, 0.6) is 5.88 Å². The largest absolute Gasteiger partial charge is 0.473 e. The maximum Gasteiger partial charge on any atom is 0.245 e. The SMILES string of the molecule is Cc1ccc2cccc(S(=O)(=O)N3CCC(Oc4cccnn4)CC3)c2n1. The van der Waals surface area contributed by atoms with Gasteiger partial charge in [0.2, 0.25) is 15.9 Å². The average molecular weight is 384 g/mol. The zero-order valence-corrected chi connectivity index (χ0v) is 15.8. The van der Waals surface area contributed by atoms with Gasteiger partial charge in [-0.2, -0.15) is 9.40 Å². The van der Waals surface area contributed by atoms with Gasteiger partial charge in [0.15, 0.2) is 0 Å². The van der Waals surface area contributed by atoms with Crippen LogP contribution in [0.2, 0.25) is 0 Å². The third-order valence-corrected chi connectivity index (χ3v) is 6.61. The van der Waals surface area contributed by atoms with E-state index in [0.29, 0.717) is 37.3 Å². The molecule has 2 aromatic heterocycles. The molecule has 1 aromatic carbocycles. The van der Waals surface area contributed by atoms with Gasteiger partial charge >= 0.3 is 0 Å². The number of hydrogen-bond donors (Lipinski definition) is 0. The fourth-order valence-electron chi connectivity index (χ4n) is 3.28. The molecular weight excluding hydrogens is 364 g/mol. The standard InChI is InChI=1S/C19H20N4O3S/c1-14-7-8-15-4-2-5-17(19(15)21-14)27(24,25)23-12-9-16(10-13-23)26-18-6-3-11-20-22-18/h2-8,11,16H,9-10,12-13H2,1H3. The molecule has 0 spiro atoms. The number of sulfonamides is 1. The molecule has 8 heteroatoms. The van der Waals surface area contributed by atoms with Crippen LogP contribution in [0.3, 0.4) is 0 Å². The van der Waals surface area contributed by atoms with Crippen LogP contribution in [0.1, 0.15) is 18.5 Å². The van der Waals surface area contributed by atoms with Crippen molar-refractivity contribution in [1.29, 1.82) is 0 Å². The first kappa shape index (κ1) is 17.8. The van der Waals surface area contributed by atoms with E-state index in [2.05, 4.69) is 15.2 Å². The highest BCUT2D eigenvalue weighted by Crippen LogP contribution is 2.27. The molecule has 140 valence electrons. The molecule has 0 amide bonds. The molecule has 0 bridgehead atoms. The van der Waals surface area contributed by atoms with Crippen LogP contribution in [0.25, 0.3) is 10.9 Å². The van der Waals surface area contributed by atoms with Gasteiger partial charge in [0.25, 0.3) is 0 Å². The molecule has 0 atom stereocenters. The molecule has 0 radical (unpaired) electrons. The Morgan fingerprint density at radius 2 is 1.89 bits per heavy atom. The first-order chi connectivity index (χ1) is 13.0. The van der Waals surface area contributed by atoms with Crippen LogP contribution in [0.4, 0.5) is 0 Å². The van der Waals surface area contributed by atoms with E-state index in [9.17, 15) is 8.42 Å². The lowest BCUT2D eigenvalue weighted by Gasteiger charge is -2.31. The van der Waals surface area contributed by atoms with E-state index < -0.39 is 10.0 Å². The minimum absolute atomic E-state index is 0.0685. The molecule has 1 aliphatic rings. The number of pyridine rings is 1. The number of ether oxygens (including phenoxy) is 1. The Morgan fingerprint density at radius 1 is 1.07 bits per heavy atom. The Balaban J connectivity index is 1.53. The van der Waals surface area contributed by atoms with Gasteiger partial charge in [-0.3, -0.25) is 4.98 Å². The number of benzene rings is 1. The first-order valence-corrected chi connectivity index (χ1v) is 10.3. The van der Waals surface area contributed by atoms with E-state index in [1.165, 1.54) is 4.31 Å². The topological polar surface area (TPSA) is 85.3 Å². The van der Waals surface area contributed by atoms with Crippen LogP contribution < -0.4 is 4.74 Å². The predicted octanol–water partition coefficient (Wildman–Crippen LogP) is 2.57. The van der Waals surface area contributed by atoms with Crippen molar-refractivity contribution in [1.82, 2.24) is 19.5 Å². The van der Waals surface area contributed by atoms with Crippen molar-refractivity contribution in [3.63, 3.8) is 0 Å². The van der Waals surface area contributed by atoms with Gasteiger partial charge in [-0.25, -0.2) is 8.42 Å². The molecule has 3 heterocycles. The predicted molar refractivity (Wildman–Crippen MR) is 101 cm³/mol. The minimum Gasteiger partial charge on any atom is -0.473 e. The molecule has 1 aliphatic heterocycles. The van der Waals surface area contributed by atoms with Crippen molar-refractivity contribution in [3.05, 3.63) is 54.4 Å². The summed E-state index contributed by atoms with van der Waals surface area (Å²) in [5.74, 6) is 0.465. The lowest BCUT2D eigenvalue weighted by molar-refractivity contribution is 0.128. The summed E-state index contributed by atoms with van der Waals surface area (Å²) in [5.41, 5.74) is 1.32. The van der Waals surface area contributed by atoms with Crippen LogP contribution >= 0.6 is 0 Å². The fourth-order valence-corrected chi connectivity index (χ4v) is 4.90. The minimum atomic E-state index is -3.61. The average Bonchev–Trinajstić information content (AvgIpc) is 2.68. The van der Waals surface area contributed by atoms with E-state index in [0.717, 1.165) is 11.1 Å². The van der Waals surface area contributed by atoms with E-state index in [1.54, 1.807) is 30.5 Å². The number of fused-ring (bicyclic) bond motifs is 1. The van der Waals surface area contributed by atoms with Crippen molar-refractivity contribution in [2.45, 2.75) is 30.8 Å². The fraction of sp³-hybridized carbons (Fsp3) is 0.316. The summed E-state index contributed by atoms with van der Waals surface area (Å²) in [7, 11) is -3.61. The van der Waals surface area contributed by atoms with Crippen LogP contribution in [0.15, 0.2) is 53.6 Å². The molecule has 1 saturated heterocycles. The second-order valence-electron chi connectivity index (χ2n) is 6.56. The van der Waals surface area contributed by atoms with Crippen LogP contribution in [-0.2, 0) is 10.0 Å². The summed E-state index contributed by atoms with van der Waals surface area (Å²) < 4.78 is 33.7. The number of nitrogens with zero attached hydrogens (tertiary/aromatic N) is 4. The summed E-state index contributed by atoms with van der Waals surface area (Å²) in [5, 5.41) is 8.53. The van der Waals surface area contributed by atoms with E-state index in [-0.39, 0.29) is 11.0 Å². The van der Waals surface area contributed by atoms with Crippen molar-refractivity contribution >= 4 is 20.9 Å². The molecule has 0 N–H and O–H groups in total. The number of rotatable bonds is 4. The zero-order chi connectivity index (χ0) is 18.9. The number of para-hydroxylation sites is 1. The van der Waals surface area contributed by atoms with Crippen molar-refractivity contribution in [2.24, 2.45) is 0 Å². The van der Waals surface area contributed by atoms with Gasteiger partial charge in [-0.15, -0.1) is 5.10 Å². The van der Waals surface area contributed by atoms with Gasteiger partial charge in [0.1, 0.15) is 11.0 Å². The monoisotopic (exact) mass is 384 g/mol. The Labute approximate surface area is 158 Å². The van der Waals surface area contributed by atoms with Crippen LogP contribution in [-0.4, -0.2) is 47.1 Å². The molecule has 7 nitrogen and oxygen atoms in total. The Bertz CT molecular complexity index is 1050. The molecule has 1 fully saturated rings. The third kappa shape index (κ3) is 3.63. The Morgan fingerprint density at radius 3 is 2.63 bits per heavy atom. The highest BCUT2D eigenvalue weighted by molar-refractivity contribution is 7.89. The number of piperidine rings is 1. The zero-order valence-electron chi connectivity index (χ0n) is 14.9. The molecule has 0 saturated carbocycles. The summed E-state index contributed by atoms with van der Waals surface area (Å²) in [6.45, 7) is 2.66. The highest BCUT2D eigenvalue weighted by atomic mass is 32.2. The maximum atomic E-state index is 13.2. The van der Waals surface area contributed by atoms with Crippen molar-refractivity contribution in [2.75, 3.05) is 13.1 Å². The van der Waals surface area contributed by atoms with E-state index >= 15 is 0 Å². The van der Waals surface area contributed by atoms with Crippen molar-refractivity contribution in [3.8, 4) is 5.88 Å². The van der Waals surface area contributed by atoms with E-state index in [4.69, 9.17) is 4.74 Å². The smallest absolute Gasteiger partial charge is 0.245 e. The second-order valence-corrected chi connectivity index (χ2v) is 8.47. The summed E-state index contributed by atoms with van der Waals surface area (Å²) in [6, 6.07) is 12.6. The lowest BCUT2D eigenvalue weighted by Crippen LogP contribution is -2.41.